The van der Waals surface area contributed by atoms with Crippen molar-refractivity contribution in [2.75, 3.05) is 26.4 Å². The van der Waals surface area contributed by atoms with E-state index in [0.717, 1.165) is 24.2 Å². The Bertz CT molecular complexity index is 405. The zero-order valence-electron chi connectivity index (χ0n) is 12.1. The standard InChI is InChI=1S/C16H24O4/c1-2-3-4-8-18-12-14(17)13-6-7-15-16(11-13)20-10-5-9-19-15/h6-7,11,14,17H,2-5,8-10,12H2,1H3. The van der Waals surface area contributed by atoms with E-state index in [9.17, 15) is 5.11 Å². The maximum Gasteiger partial charge on any atom is 0.161 e. The molecular weight excluding hydrogens is 256 g/mol. The Labute approximate surface area is 120 Å². The van der Waals surface area contributed by atoms with E-state index >= 15 is 0 Å². The van der Waals surface area contributed by atoms with Crippen LogP contribution < -0.4 is 9.47 Å². The molecule has 2 rings (SSSR count). The normalized spacial score (nSPS) is 15.7. The molecule has 0 aromatic heterocycles. The number of unbranched alkanes of at least 4 members (excludes halogenated alkanes) is 2. The molecule has 0 spiro atoms. The van der Waals surface area contributed by atoms with Gasteiger partial charge in [0.1, 0.15) is 6.10 Å². The van der Waals surface area contributed by atoms with Gasteiger partial charge in [-0.2, -0.15) is 0 Å². The van der Waals surface area contributed by atoms with Crippen molar-refractivity contribution in [3.05, 3.63) is 23.8 Å². The van der Waals surface area contributed by atoms with Crippen LogP contribution in [0.3, 0.4) is 0 Å². The molecule has 1 aromatic rings. The lowest BCUT2D eigenvalue weighted by atomic mass is 10.1. The van der Waals surface area contributed by atoms with Gasteiger partial charge in [0.25, 0.3) is 0 Å². The van der Waals surface area contributed by atoms with Gasteiger partial charge in [0, 0.05) is 13.0 Å². The van der Waals surface area contributed by atoms with Gasteiger partial charge < -0.3 is 19.3 Å². The van der Waals surface area contributed by atoms with Gasteiger partial charge in [0.2, 0.25) is 0 Å². The van der Waals surface area contributed by atoms with Gasteiger partial charge in [0.05, 0.1) is 19.8 Å². The zero-order chi connectivity index (χ0) is 14.2. The summed E-state index contributed by atoms with van der Waals surface area (Å²) in [6.45, 7) is 4.51. The number of benzene rings is 1. The van der Waals surface area contributed by atoms with Gasteiger partial charge in [-0.25, -0.2) is 0 Å². The van der Waals surface area contributed by atoms with Crippen molar-refractivity contribution in [3.63, 3.8) is 0 Å². The first kappa shape index (κ1) is 15.1. The minimum Gasteiger partial charge on any atom is -0.490 e. The van der Waals surface area contributed by atoms with E-state index in [1.54, 1.807) is 0 Å². The summed E-state index contributed by atoms with van der Waals surface area (Å²) in [4.78, 5) is 0. The monoisotopic (exact) mass is 280 g/mol. The Morgan fingerprint density at radius 2 is 2.00 bits per heavy atom. The van der Waals surface area contributed by atoms with E-state index in [1.165, 1.54) is 12.8 Å². The summed E-state index contributed by atoms with van der Waals surface area (Å²) in [5.41, 5.74) is 0.810. The largest absolute Gasteiger partial charge is 0.490 e. The summed E-state index contributed by atoms with van der Waals surface area (Å²) in [6, 6.07) is 5.57. The van der Waals surface area contributed by atoms with Crippen molar-refractivity contribution in [2.45, 2.75) is 38.7 Å². The lowest BCUT2D eigenvalue weighted by molar-refractivity contribution is 0.0344. The Kier molecular flexibility index (Phi) is 6.15. The molecule has 1 atom stereocenters. The number of hydrogen-bond donors (Lipinski definition) is 1. The van der Waals surface area contributed by atoms with Gasteiger partial charge in [0.15, 0.2) is 11.5 Å². The minimum absolute atomic E-state index is 0.323. The van der Waals surface area contributed by atoms with Crippen LogP contribution >= 0.6 is 0 Å². The molecule has 4 nitrogen and oxygen atoms in total. The molecule has 0 bridgehead atoms. The zero-order valence-corrected chi connectivity index (χ0v) is 12.1. The second kappa shape index (κ2) is 8.12. The van der Waals surface area contributed by atoms with Gasteiger partial charge in [-0.05, 0) is 24.1 Å². The van der Waals surface area contributed by atoms with E-state index in [0.29, 0.717) is 32.2 Å². The predicted molar refractivity (Wildman–Crippen MR) is 77.4 cm³/mol. The summed E-state index contributed by atoms with van der Waals surface area (Å²) in [5.74, 6) is 1.47. The molecule has 0 fully saturated rings. The van der Waals surface area contributed by atoms with E-state index in [1.807, 2.05) is 18.2 Å². The molecule has 112 valence electrons. The van der Waals surface area contributed by atoms with Gasteiger partial charge >= 0.3 is 0 Å². The minimum atomic E-state index is -0.617. The molecule has 0 aliphatic carbocycles. The molecular formula is C16H24O4. The lowest BCUT2D eigenvalue weighted by Gasteiger charge is -2.14. The molecule has 0 radical (unpaired) electrons. The highest BCUT2D eigenvalue weighted by Crippen LogP contribution is 2.32. The third-order valence-corrected chi connectivity index (χ3v) is 3.32. The average Bonchev–Trinajstić information content (AvgIpc) is 2.71. The van der Waals surface area contributed by atoms with Crippen molar-refractivity contribution in [1.29, 1.82) is 0 Å². The average molecular weight is 280 g/mol. The summed E-state index contributed by atoms with van der Waals surface area (Å²) in [7, 11) is 0. The van der Waals surface area contributed by atoms with E-state index in [4.69, 9.17) is 14.2 Å². The third-order valence-electron chi connectivity index (χ3n) is 3.32. The van der Waals surface area contributed by atoms with Crippen LogP contribution in [-0.2, 0) is 4.74 Å². The first-order valence-corrected chi connectivity index (χ1v) is 7.46. The first-order chi connectivity index (χ1) is 9.81. The fraction of sp³-hybridized carbons (Fsp3) is 0.625. The van der Waals surface area contributed by atoms with E-state index in [-0.39, 0.29) is 0 Å². The number of fused-ring (bicyclic) bond motifs is 1. The Hall–Kier alpha value is -1.26. The van der Waals surface area contributed by atoms with Gasteiger partial charge in [-0.15, -0.1) is 0 Å². The van der Waals surface area contributed by atoms with E-state index in [2.05, 4.69) is 6.92 Å². The maximum atomic E-state index is 10.1. The summed E-state index contributed by atoms with van der Waals surface area (Å²) in [5, 5.41) is 10.1. The van der Waals surface area contributed by atoms with Crippen LogP contribution in [-0.4, -0.2) is 31.5 Å². The number of rotatable bonds is 7. The molecule has 20 heavy (non-hydrogen) atoms. The van der Waals surface area contributed by atoms with E-state index < -0.39 is 6.10 Å². The highest BCUT2D eigenvalue weighted by molar-refractivity contribution is 5.44. The van der Waals surface area contributed by atoms with Crippen LogP contribution in [0.4, 0.5) is 0 Å². The highest BCUT2D eigenvalue weighted by Gasteiger charge is 2.14. The van der Waals surface area contributed by atoms with Crippen molar-refractivity contribution >= 4 is 0 Å². The van der Waals surface area contributed by atoms with Crippen LogP contribution in [0.2, 0.25) is 0 Å². The van der Waals surface area contributed by atoms with Gasteiger partial charge in [-0.3, -0.25) is 0 Å². The molecule has 0 saturated heterocycles. The molecule has 1 aliphatic rings. The fourth-order valence-corrected chi connectivity index (χ4v) is 2.13. The molecule has 0 saturated carbocycles. The number of hydrogen-bond acceptors (Lipinski definition) is 4. The van der Waals surface area contributed by atoms with Crippen LogP contribution in [0.1, 0.15) is 44.3 Å². The van der Waals surface area contributed by atoms with Crippen molar-refractivity contribution in [3.8, 4) is 11.5 Å². The Balaban J connectivity index is 1.86. The van der Waals surface area contributed by atoms with Crippen LogP contribution in [0.25, 0.3) is 0 Å². The van der Waals surface area contributed by atoms with Gasteiger partial charge in [-0.1, -0.05) is 25.8 Å². The molecule has 1 heterocycles. The quantitative estimate of drug-likeness (QED) is 0.780. The SMILES string of the molecule is CCCCCOCC(O)c1ccc2c(c1)OCCCO2. The molecule has 1 N–H and O–H groups in total. The van der Waals surface area contributed by atoms with Crippen LogP contribution in [0.5, 0.6) is 11.5 Å². The third kappa shape index (κ3) is 4.39. The fourth-order valence-electron chi connectivity index (χ4n) is 2.13. The number of ether oxygens (including phenoxy) is 3. The molecule has 1 aromatic carbocycles. The molecule has 1 unspecified atom stereocenters. The van der Waals surface area contributed by atoms with Crippen LogP contribution in [0.15, 0.2) is 18.2 Å². The number of aliphatic hydroxyl groups is 1. The Morgan fingerprint density at radius 1 is 1.20 bits per heavy atom. The second-order valence-corrected chi connectivity index (χ2v) is 5.05. The maximum absolute atomic E-state index is 10.1. The van der Waals surface area contributed by atoms with Crippen molar-refractivity contribution < 1.29 is 19.3 Å². The smallest absolute Gasteiger partial charge is 0.161 e. The molecule has 4 heteroatoms. The summed E-state index contributed by atoms with van der Waals surface area (Å²) in [6.07, 6.45) is 3.65. The Morgan fingerprint density at radius 3 is 2.80 bits per heavy atom. The topological polar surface area (TPSA) is 47.9 Å². The predicted octanol–water partition coefficient (Wildman–Crippen LogP) is 3.09. The van der Waals surface area contributed by atoms with Crippen molar-refractivity contribution in [1.82, 2.24) is 0 Å². The molecule has 1 aliphatic heterocycles. The number of aliphatic hydroxyl groups excluding tert-OH is 1. The summed E-state index contributed by atoms with van der Waals surface area (Å²) >= 11 is 0. The summed E-state index contributed by atoms with van der Waals surface area (Å²) < 4.78 is 16.7. The first-order valence-electron chi connectivity index (χ1n) is 7.46. The lowest BCUT2D eigenvalue weighted by Crippen LogP contribution is -2.08. The second-order valence-electron chi connectivity index (χ2n) is 5.05. The van der Waals surface area contributed by atoms with Crippen LogP contribution in [0, 0.1) is 0 Å². The highest BCUT2D eigenvalue weighted by atomic mass is 16.5. The van der Waals surface area contributed by atoms with Crippen molar-refractivity contribution in [2.24, 2.45) is 0 Å². The molecule has 0 amide bonds.